The number of hydrogen-bond donors (Lipinski definition) is 1. The van der Waals surface area contributed by atoms with Crippen LogP contribution in [0.3, 0.4) is 0 Å². The Morgan fingerprint density at radius 3 is 2.48 bits per heavy atom. The Labute approximate surface area is 125 Å². The number of benzene rings is 1. The summed E-state index contributed by atoms with van der Waals surface area (Å²) in [5.41, 5.74) is -5.72. The summed E-state index contributed by atoms with van der Waals surface area (Å²) < 4.78 is 74.0. The zero-order valence-electron chi connectivity index (χ0n) is 11.4. The first-order valence-electron chi connectivity index (χ1n) is 5.96. The van der Waals surface area contributed by atoms with Crippen molar-refractivity contribution in [1.82, 2.24) is 0 Å². The van der Waals surface area contributed by atoms with Gasteiger partial charge in [-0.2, -0.15) is 24.9 Å². The number of hydrogen-bond acceptors (Lipinski definition) is 4. The molecule has 0 aliphatic heterocycles. The van der Waals surface area contributed by atoms with Gasteiger partial charge in [0.25, 0.3) is 9.84 Å². The fourth-order valence-corrected chi connectivity index (χ4v) is 3.12. The van der Waals surface area contributed by atoms with Gasteiger partial charge < -0.3 is 5.32 Å². The minimum absolute atomic E-state index is 0.245. The van der Waals surface area contributed by atoms with Gasteiger partial charge in [-0.3, -0.25) is 0 Å². The molecule has 1 aromatic rings. The van der Waals surface area contributed by atoms with Crippen molar-refractivity contribution in [1.29, 1.82) is 0 Å². The zero-order chi connectivity index (χ0) is 16.3. The third kappa shape index (κ3) is 4.50. The molecule has 0 radical (unpaired) electrons. The van der Waals surface area contributed by atoms with E-state index in [2.05, 4.69) is 5.32 Å². The van der Waals surface area contributed by atoms with E-state index >= 15 is 0 Å². The molecule has 0 fully saturated rings. The second kappa shape index (κ2) is 6.87. The standard InChI is InChI=1S/C12H15F4NO2S2/c1-8(5-6-20-2)17-10-4-3-9(13)7-11(10)21(18,19)12(14,15)16/h3-4,7-8,17H,5-6H2,1-2H3. The topological polar surface area (TPSA) is 46.2 Å². The van der Waals surface area contributed by atoms with Crippen LogP contribution in [0.1, 0.15) is 13.3 Å². The van der Waals surface area contributed by atoms with Crippen molar-refractivity contribution in [3.8, 4) is 0 Å². The van der Waals surface area contributed by atoms with Gasteiger partial charge in [-0.15, -0.1) is 0 Å². The van der Waals surface area contributed by atoms with Gasteiger partial charge in [0.2, 0.25) is 0 Å². The highest BCUT2D eigenvalue weighted by Gasteiger charge is 2.48. The lowest BCUT2D eigenvalue weighted by Crippen LogP contribution is -2.26. The molecule has 3 nitrogen and oxygen atoms in total. The van der Waals surface area contributed by atoms with E-state index in [0.717, 1.165) is 17.9 Å². The summed E-state index contributed by atoms with van der Waals surface area (Å²) in [6.07, 6.45) is 2.51. The fourth-order valence-electron chi connectivity index (χ4n) is 1.59. The Kier molecular flexibility index (Phi) is 5.92. The maximum atomic E-state index is 13.1. The summed E-state index contributed by atoms with van der Waals surface area (Å²) in [4.78, 5) is -1.09. The molecule has 0 aromatic heterocycles. The number of anilines is 1. The van der Waals surface area contributed by atoms with E-state index in [0.29, 0.717) is 12.5 Å². The molecule has 0 aliphatic rings. The number of alkyl halides is 3. The van der Waals surface area contributed by atoms with Gasteiger partial charge in [-0.05, 0) is 43.6 Å². The smallest absolute Gasteiger partial charge is 0.381 e. The Hall–Kier alpha value is -0.960. The minimum Gasteiger partial charge on any atom is -0.381 e. The molecule has 1 N–H and O–H groups in total. The van der Waals surface area contributed by atoms with Crippen molar-refractivity contribution in [2.75, 3.05) is 17.3 Å². The van der Waals surface area contributed by atoms with E-state index in [1.165, 1.54) is 0 Å². The van der Waals surface area contributed by atoms with Gasteiger partial charge in [0.05, 0.1) is 5.69 Å². The molecular weight excluding hydrogens is 330 g/mol. The van der Waals surface area contributed by atoms with Gasteiger partial charge in [-0.1, -0.05) is 0 Å². The number of nitrogens with one attached hydrogen (secondary N) is 1. The van der Waals surface area contributed by atoms with Crippen molar-refractivity contribution in [3.05, 3.63) is 24.0 Å². The van der Waals surface area contributed by atoms with Crippen molar-refractivity contribution < 1.29 is 26.0 Å². The van der Waals surface area contributed by atoms with E-state index in [9.17, 15) is 26.0 Å². The summed E-state index contributed by atoms with van der Waals surface area (Å²) in [6.45, 7) is 1.71. The van der Waals surface area contributed by atoms with Crippen LogP contribution in [-0.2, 0) is 9.84 Å². The summed E-state index contributed by atoms with van der Waals surface area (Å²) in [5, 5.41) is 2.69. The van der Waals surface area contributed by atoms with Gasteiger partial charge in [0.15, 0.2) is 0 Å². The first-order valence-corrected chi connectivity index (χ1v) is 8.83. The molecular formula is C12H15F4NO2S2. The summed E-state index contributed by atoms with van der Waals surface area (Å²) >= 11 is 1.56. The van der Waals surface area contributed by atoms with Crippen LogP contribution in [0.2, 0.25) is 0 Å². The summed E-state index contributed by atoms with van der Waals surface area (Å²) in [7, 11) is -5.60. The van der Waals surface area contributed by atoms with Crippen molar-refractivity contribution in [2.24, 2.45) is 0 Å². The van der Waals surface area contributed by atoms with Crippen LogP contribution in [0.4, 0.5) is 23.2 Å². The molecule has 120 valence electrons. The Balaban J connectivity index is 3.18. The molecule has 0 spiro atoms. The average molecular weight is 345 g/mol. The molecule has 1 aromatic carbocycles. The first kappa shape index (κ1) is 18.1. The third-order valence-electron chi connectivity index (χ3n) is 2.69. The molecule has 0 heterocycles. The normalized spacial score (nSPS) is 14.0. The van der Waals surface area contributed by atoms with Crippen molar-refractivity contribution in [2.45, 2.75) is 29.8 Å². The third-order valence-corrected chi connectivity index (χ3v) is 4.86. The van der Waals surface area contributed by atoms with Crippen LogP contribution in [0.25, 0.3) is 0 Å². The van der Waals surface area contributed by atoms with Crippen molar-refractivity contribution >= 4 is 27.3 Å². The minimum atomic E-state index is -5.60. The number of sulfone groups is 1. The lowest BCUT2D eigenvalue weighted by Gasteiger charge is -2.18. The fraction of sp³-hybridized carbons (Fsp3) is 0.500. The Bertz CT molecular complexity index is 587. The Morgan fingerprint density at radius 2 is 1.95 bits per heavy atom. The Morgan fingerprint density at radius 1 is 1.33 bits per heavy atom. The molecule has 1 atom stereocenters. The highest BCUT2D eigenvalue weighted by atomic mass is 32.2. The molecule has 0 aliphatic carbocycles. The molecule has 9 heteroatoms. The lowest BCUT2D eigenvalue weighted by molar-refractivity contribution is -0.0435. The number of thioether (sulfide) groups is 1. The predicted octanol–water partition coefficient (Wildman–Crippen LogP) is 3.67. The van der Waals surface area contributed by atoms with Gasteiger partial charge in [0, 0.05) is 6.04 Å². The molecule has 0 saturated carbocycles. The average Bonchev–Trinajstić information content (AvgIpc) is 2.37. The van der Waals surface area contributed by atoms with E-state index in [1.807, 2.05) is 6.26 Å². The van der Waals surface area contributed by atoms with Gasteiger partial charge in [0.1, 0.15) is 10.7 Å². The first-order chi connectivity index (χ1) is 9.59. The van der Waals surface area contributed by atoms with Crippen LogP contribution < -0.4 is 5.32 Å². The molecule has 0 bridgehead atoms. The largest absolute Gasteiger partial charge is 0.501 e. The molecule has 21 heavy (non-hydrogen) atoms. The van der Waals surface area contributed by atoms with Crippen molar-refractivity contribution in [3.63, 3.8) is 0 Å². The van der Waals surface area contributed by atoms with Crippen LogP contribution in [0.5, 0.6) is 0 Å². The maximum absolute atomic E-state index is 13.1. The quantitative estimate of drug-likeness (QED) is 0.799. The highest BCUT2D eigenvalue weighted by molar-refractivity contribution is 7.98. The highest BCUT2D eigenvalue weighted by Crippen LogP contribution is 2.35. The molecule has 1 rings (SSSR count). The van der Waals surface area contributed by atoms with Crippen LogP contribution >= 0.6 is 11.8 Å². The van der Waals surface area contributed by atoms with Gasteiger partial charge in [-0.25, -0.2) is 12.8 Å². The SMILES string of the molecule is CSCCC(C)Nc1ccc(F)cc1S(=O)(=O)C(F)(F)F. The van der Waals surface area contributed by atoms with E-state index in [1.54, 1.807) is 18.7 Å². The zero-order valence-corrected chi connectivity index (χ0v) is 13.0. The lowest BCUT2D eigenvalue weighted by atomic mass is 10.2. The van der Waals surface area contributed by atoms with Crippen LogP contribution in [0.15, 0.2) is 23.1 Å². The predicted molar refractivity (Wildman–Crippen MR) is 75.7 cm³/mol. The second-order valence-corrected chi connectivity index (χ2v) is 7.31. The summed E-state index contributed by atoms with van der Waals surface area (Å²) in [5.74, 6) is -0.281. The van der Waals surface area contributed by atoms with E-state index in [-0.39, 0.29) is 11.7 Å². The van der Waals surface area contributed by atoms with Crippen LogP contribution in [0, 0.1) is 5.82 Å². The van der Waals surface area contributed by atoms with E-state index < -0.39 is 26.1 Å². The van der Waals surface area contributed by atoms with E-state index in [4.69, 9.17) is 0 Å². The number of halogens is 4. The summed E-state index contributed by atoms with van der Waals surface area (Å²) in [6, 6.07) is 2.06. The molecule has 1 unspecified atom stereocenters. The number of rotatable bonds is 6. The van der Waals surface area contributed by atoms with Gasteiger partial charge >= 0.3 is 5.51 Å². The monoisotopic (exact) mass is 345 g/mol. The second-order valence-electron chi connectivity index (χ2n) is 4.42. The van der Waals surface area contributed by atoms with Crippen LogP contribution in [-0.4, -0.2) is 32.0 Å². The maximum Gasteiger partial charge on any atom is 0.501 e. The molecule has 0 amide bonds. The molecule has 0 saturated heterocycles.